The summed E-state index contributed by atoms with van der Waals surface area (Å²) < 4.78 is 34.8. The molecular formula is C28H35ClN4O5S. The van der Waals surface area contributed by atoms with Gasteiger partial charge in [-0.2, -0.15) is 8.42 Å². The highest BCUT2D eigenvalue weighted by Crippen LogP contribution is 2.50. The fraction of sp³-hybridized carbons (Fsp3) is 0.571. The van der Waals surface area contributed by atoms with Gasteiger partial charge in [0.1, 0.15) is 11.6 Å². The van der Waals surface area contributed by atoms with E-state index in [1.54, 1.807) is 25.1 Å². The second-order valence-electron chi connectivity index (χ2n) is 12.1. The van der Waals surface area contributed by atoms with Gasteiger partial charge in [-0.1, -0.05) is 36.9 Å². The molecule has 4 aliphatic rings. The number of aliphatic hydroxyl groups is 1. The molecule has 2 N–H and O–H groups in total. The van der Waals surface area contributed by atoms with Gasteiger partial charge >= 0.3 is 0 Å². The number of sulfonamides is 1. The number of hydrogen-bond acceptors (Lipinski definition) is 8. The Balaban J connectivity index is 1.16. The maximum atomic E-state index is 13.3. The van der Waals surface area contributed by atoms with E-state index in [0.717, 1.165) is 18.8 Å². The van der Waals surface area contributed by atoms with Gasteiger partial charge in [-0.05, 0) is 50.5 Å². The number of carbonyl (C=O) groups is 1. The Morgan fingerprint density at radius 1 is 1.03 bits per heavy atom. The average Bonchev–Trinajstić information content (AvgIpc) is 3.57. The molecule has 1 spiro atoms. The molecule has 1 atom stereocenters. The summed E-state index contributed by atoms with van der Waals surface area (Å²) in [6, 6.07) is 10.1. The maximum absolute atomic E-state index is 13.3. The minimum atomic E-state index is -4.24. The predicted octanol–water partition coefficient (Wildman–Crippen LogP) is 3.88. The Hall–Kier alpha value is -2.56. The zero-order chi connectivity index (χ0) is 27.5. The molecule has 2 aliphatic carbocycles. The number of aromatic nitrogens is 1. The lowest BCUT2D eigenvalue weighted by Gasteiger charge is -2.53. The summed E-state index contributed by atoms with van der Waals surface area (Å²) in [5.74, 6) is 0.228. The number of hydrogen-bond donors (Lipinski definition) is 2. The number of amides is 1. The van der Waals surface area contributed by atoms with Crippen molar-refractivity contribution in [3.63, 3.8) is 0 Å². The SMILES string of the molecule is C[C@]1(O)CCN(c2cccc(S(=O)(=O)NC(=O)C3(Oc4cc(Cl)ccc4N4CC5(CCCCC5)C4)CC3)n2)C1. The van der Waals surface area contributed by atoms with Crippen LogP contribution in [0.4, 0.5) is 11.5 Å². The Labute approximate surface area is 234 Å². The van der Waals surface area contributed by atoms with E-state index in [4.69, 9.17) is 16.3 Å². The molecule has 6 rings (SSSR count). The molecule has 11 heteroatoms. The molecule has 2 aromatic rings. The monoisotopic (exact) mass is 574 g/mol. The van der Waals surface area contributed by atoms with Gasteiger partial charge in [0.05, 0.1) is 11.3 Å². The number of β-amino-alcohol motifs (C(OH)–C–C–N with tert-alkyl or cyclic N) is 1. The third-order valence-electron chi connectivity index (χ3n) is 8.64. The first kappa shape index (κ1) is 26.7. The lowest BCUT2D eigenvalue weighted by Crippen LogP contribution is -2.57. The van der Waals surface area contributed by atoms with Crippen molar-refractivity contribution in [2.45, 2.75) is 74.5 Å². The quantitative estimate of drug-likeness (QED) is 0.512. The van der Waals surface area contributed by atoms with Crippen LogP contribution in [0.2, 0.25) is 5.02 Å². The van der Waals surface area contributed by atoms with Crippen LogP contribution in [-0.2, 0) is 14.8 Å². The van der Waals surface area contributed by atoms with Crippen molar-refractivity contribution in [1.82, 2.24) is 9.71 Å². The molecule has 39 heavy (non-hydrogen) atoms. The van der Waals surface area contributed by atoms with Crippen LogP contribution in [0, 0.1) is 5.41 Å². The number of carbonyl (C=O) groups excluding carboxylic acids is 1. The molecule has 2 saturated heterocycles. The molecule has 0 radical (unpaired) electrons. The summed E-state index contributed by atoms with van der Waals surface area (Å²) in [4.78, 5) is 21.7. The number of pyridine rings is 1. The van der Waals surface area contributed by atoms with Crippen LogP contribution in [0.15, 0.2) is 41.4 Å². The summed E-state index contributed by atoms with van der Waals surface area (Å²) in [6.07, 6.45) is 7.69. The molecule has 3 heterocycles. The van der Waals surface area contributed by atoms with Gasteiger partial charge in [0.15, 0.2) is 10.6 Å². The Kier molecular flexibility index (Phi) is 6.51. The predicted molar refractivity (Wildman–Crippen MR) is 149 cm³/mol. The number of anilines is 2. The second kappa shape index (κ2) is 9.52. The first-order chi connectivity index (χ1) is 18.5. The van der Waals surface area contributed by atoms with Gasteiger partial charge < -0.3 is 19.6 Å². The molecule has 210 valence electrons. The van der Waals surface area contributed by atoms with E-state index in [1.165, 1.54) is 38.2 Å². The number of halogens is 1. The van der Waals surface area contributed by atoms with Gasteiger partial charge in [-0.3, -0.25) is 4.79 Å². The Morgan fingerprint density at radius 2 is 1.77 bits per heavy atom. The summed E-state index contributed by atoms with van der Waals surface area (Å²) in [5, 5.41) is 10.5. The highest BCUT2D eigenvalue weighted by atomic mass is 35.5. The first-order valence-corrected chi connectivity index (χ1v) is 15.6. The van der Waals surface area contributed by atoms with Gasteiger partial charge in [0, 0.05) is 55.5 Å². The van der Waals surface area contributed by atoms with Crippen LogP contribution >= 0.6 is 11.6 Å². The van der Waals surface area contributed by atoms with Gasteiger partial charge in [-0.15, -0.1) is 0 Å². The third-order valence-corrected chi connectivity index (χ3v) is 10.1. The van der Waals surface area contributed by atoms with Crippen molar-refractivity contribution in [1.29, 1.82) is 0 Å². The normalized spacial score (nSPS) is 25.3. The van der Waals surface area contributed by atoms with Crippen LogP contribution in [0.1, 0.15) is 58.3 Å². The van der Waals surface area contributed by atoms with E-state index in [9.17, 15) is 18.3 Å². The van der Waals surface area contributed by atoms with E-state index in [0.29, 0.717) is 54.4 Å². The molecule has 9 nitrogen and oxygen atoms in total. The van der Waals surface area contributed by atoms with Gasteiger partial charge in [-0.25, -0.2) is 9.71 Å². The highest BCUT2D eigenvalue weighted by Gasteiger charge is 2.55. The van der Waals surface area contributed by atoms with Crippen molar-refractivity contribution in [2.75, 3.05) is 36.0 Å². The molecular weight excluding hydrogens is 540 g/mol. The van der Waals surface area contributed by atoms with Crippen molar-refractivity contribution in [3.05, 3.63) is 41.4 Å². The van der Waals surface area contributed by atoms with Gasteiger partial charge in [0.2, 0.25) is 0 Å². The summed E-state index contributed by atoms with van der Waals surface area (Å²) in [6.45, 7) is 4.56. The smallest absolute Gasteiger partial charge is 0.281 e. The van der Waals surface area contributed by atoms with Crippen LogP contribution in [-0.4, -0.2) is 61.8 Å². The third kappa shape index (κ3) is 5.30. The number of nitrogens with one attached hydrogen (secondary N) is 1. The minimum absolute atomic E-state index is 0.252. The minimum Gasteiger partial charge on any atom is -0.475 e. The molecule has 1 amide bonds. The molecule has 1 aromatic carbocycles. The zero-order valence-corrected chi connectivity index (χ0v) is 23.7. The second-order valence-corrected chi connectivity index (χ2v) is 14.1. The summed E-state index contributed by atoms with van der Waals surface area (Å²) >= 11 is 6.30. The number of rotatable bonds is 7. The van der Waals surface area contributed by atoms with Crippen LogP contribution < -0.4 is 19.3 Å². The van der Waals surface area contributed by atoms with Crippen molar-refractivity contribution in [3.8, 4) is 5.75 Å². The van der Waals surface area contributed by atoms with E-state index in [1.807, 2.05) is 17.0 Å². The fourth-order valence-corrected chi connectivity index (χ4v) is 7.39. The molecule has 4 fully saturated rings. The molecule has 2 aliphatic heterocycles. The fourth-order valence-electron chi connectivity index (χ4n) is 6.22. The molecule has 0 bridgehead atoms. The van der Waals surface area contributed by atoms with Crippen LogP contribution in [0.5, 0.6) is 5.75 Å². The van der Waals surface area contributed by atoms with E-state index in [2.05, 4.69) is 14.6 Å². The van der Waals surface area contributed by atoms with E-state index < -0.39 is 27.1 Å². The molecule has 0 unspecified atom stereocenters. The lowest BCUT2D eigenvalue weighted by molar-refractivity contribution is -0.127. The van der Waals surface area contributed by atoms with Crippen molar-refractivity contribution >= 4 is 39.0 Å². The van der Waals surface area contributed by atoms with Crippen LogP contribution in [0.25, 0.3) is 0 Å². The molecule has 1 aromatic heterocycles. The van der Waals surface area contributed by atoms with Crippen molar-refractivity contribution < 1.29 is 23.1 Å². The Bertz CT molecular complexity index is 1380. The number of benzene rings is 1. The summed E-state index contributed by atoms with van der Waals surface area (Å²) in [7, 11) is -4.24. The standard InChI is InChI=1S/C28H35ClN4O5S/c1-26(35)14-15-32(17-26)23-6-5-7-24(30-23)39(36,37)31-25(34)28(12-13-28)38-22-16-20(29)8-9-21(22)33-18-27(19-33)10-3-2-4-11-27/h5-9,16,35H,2-4,10-15,17-19H2,1H3,(H,31,34)/t26-/m0/s1. The largest absolute Gasteiger partial charge is 0.475 e. The Morgan fingerprint density at radius 3 is 2.44 bits per heavy atom. The molecule has 2 saturated carbocycles. The average molecular weight is 575 g/mol. The zero-order valence-electron chi connectivity index (χ0n) is 22.2. The number of nitrogens with zero attached hydrogens (tertiary/aromatic N) is 3. The van der Waals surface area contributed by atoms with Gasteiger partial charge in [0.25, 0.3) is 15.9 Å². The topological polar surface area (TPSA) is 112 Å². The van der Waals surface area contributed by atoms with E-state index in [-0.39, 0.29) is 5.03 Å². The first-order valence-electron chi connectivity index (χ1n) is 13.7. The lowest BCUT2D eigenvalue weighted by atomic mass is 9.68. The number of ether oxygens (including phenoxy) is 1. The van der Waals surface area contributed by atoms with Crippen LogP contribution in [0.3, 0.4) is 0 Å². The highest BCUT2D eigenvalue weighted by molar-refractivity contribution is 7.90. The summed E-state index contributed by atoms with van der Waals surface area (Å²) in [5.41, 5.74) is -0.879. The maximum Gasteiger partial charge on any atom is 0.281 e. The van der Waals surface area contributed by atoms with Crippen molar-refractivity contribution in [2.24, 2.45) is 5.41 Å². The van der Waals surface area contributed by atoms with E-state index >= 15 is 0 Å².